The van der Waals surface area contributed by atoms with E-state index >= 15 is 0 Å². The van der Waals surface area contributed by atoms with Gasteiger partial charge in [0.05, 0.1) is 5.60 Å². The Balaban J connectivity index is 2.30. The van der Waals surface area contributed by atoms with Gasteiger partial charge in [0.1, 0.15) is 0 Å². The Hall–Kier alpha value is -0.0800. The van der Waals surface area contributed by atoms with Crippen LogP contribution in [-0.4, -0.2) is 34.7 Å². The number of hydrogen-bond donors (Lipinski definition) is 1. The lowest BCUT2D eigenvalue weighted by Gasteiger charge is -2.48. The number of hydrogen-bond acceptors (Lipinski definition) is 2. The van der Waals surface area contributed by atoms with Gasteiger partial charge in [0, 0.05) is 19.1 Å². The van der Waals surface area contributed by atoms with Crippen LogP contribution in [0.4, 0.5) is 0 Å². The number of β-amino-alcohol motifs (C(OH)–C–C–N with tert-alkyl or cyclic N) is 1. The van der Waals surface area contributed by atoms with Crippen LogP contribution < -0.4 is 0 Å². The molecule has 11 heavy (non-hydrogen) atoms. The maximum absolute atomic E-state index is 9.48. The maximum atomic E-state index is 9.48. The Morgan fingerprint density at radius 1 is 1.36 bits per heavy atom. The first-order chi connectivity index (χ1) is 5.09. The molecule has 0 aromatic heterocycles. The third kappa shape index (κ3) is 1.94. The Morgan fingerprint density at radius 3 is 2.09 bits per heavy atom. The average molecular weight is 157 g/mol. The fraction of sp³-hybridized carbons (Fsp3) is 1.00. The first-order valence-corrected chi connectivity index (χ1v) is 4.55. The predicted molar refractivity (Wildman–Crippen MR) is 46.6 cm³/mol. The highest BCUT2D eigenvalue weighted by atomic mass is 16.3. The number of aliphatic hydroxyl groups is 1. The third-order valence-electron chi connectivity index (χ3n) is 2.55. The van der Waals surface area contributed by atoms with Gasteiger partial charge in [-0.05, 0) is 19.8 Å². The van der Waals surface area contributed by atoms with Gasteiger partial charge in [0.2, 0.25) is 0 Å². The van der Waals surface area contributed by atoms with Crippen molar-refractivity contribution in [2.45, 2.75) is 45.3 Å². The SMILES string of the molecule is CCC(CC)N1CC(C)(O)C1. The van der Waals surface area contributed by atoms with Gasteiger partial charge in [0.15, 0.2) is 0 Å². The molecular formula is C9H19NO. The molecule has 1 fully saturated rings. The summed E-state index contributed by atoms with van der Waals surface area (Å²) in [5, 5.41) is 9.48. The van der Waals surface area contributed by atoms with Crippen molar-refractivity contribution in [2.75, 3.05) is 13.1 Å². The highest BCUT2D eigenvalue weighted by Crippen LogP contribution is 2.24. The zero-order valence-corrected chi connectivity index (χ0v) is 7.80. The van der Waals surface area contributed by atoms with E-state index in [2.05, 4.69) is 18.7 Å². The van der Waals surface area contributed by atoms with E-state index in [9.17, 15) is 5.11 Å². The van der Waals surface area contributed by atoms with E-state index in [4.69, 9.17) is 0 Å². The molecule has 0 amide bonds. The Kier molecular flexibility index (Phi) is 2.55. The first kappa shape index (κ1) is 9.01. The van der Waals surface area contributed by atoms with Crippen LogP contribution in [0.2, 0.25) is 0 Å². The lowest BCUT2D eigenvalue weighted by atomic mass is 9.93. The highest BCUT2D eigenvalue weighted by Gasteiger charge is 2.38. The molecule has 1 aliphatic rings. The van der Waals surface area contributed by atoms with Gasteiger partial charge < -0.3 is 5.11 Å². The van der Waals surface area contributed by atoms with Crippen molar-refractivity contribution in [3.05, 3.63) is 0 Å². The average Bonchev–Trinajstić information content (AvgIpc) is 1.86. The second kappa shape index (κ2) is 3.11. The third-order valence-corrected chi connectivity index (χ3v) is 2.55. The second-order valence-electron chi connectivity index (χ2n) is 3.87. The molecule has 2 heteroatoms. The number of nitrogens with zero attached hydrogens (tertiary/aromatic N) is 1. The van der Waals surface area contributed by atoms with Crippen LogP contribution in [0.25, 0.3) is 0 Å². The minimum Gasteiger partial charge on any atom is -0.388 e. The van der Waals surface area contributed by atoms with Gasteiger partial charge in [-0.2, -0.15) is 0 Å². The molecule has 1 saturated heterocycles. The van der Waals surface area contributed by atoms with Crippen molar-refractivity contribution < 1.29 is 5.11 Å². The van der Waals surface area contributed by atoms with Crippen LogP contribution in [0.1, 0.15) is 33.6 Å². The van der Waals surface area contributed by atoms with Crippen molar-refractivity contribution >= 4 is 0 Å². The second-order valence-corrected chi connectivity index (χ2v) is 3.87. The van der Waals surface area contributed by atoms with Gasteiger partial charge in [-0.25, -0.2) is 0 Å². The van der Waals surface area contributed by atoms with Crippen LogP contribution in [0.3, 0.4) is 0 Å². The summed E-state index contributed by atoms with van der Waals surface area (Å²) in [5.41, 5.74) is -0.400. The van der Waals surface area contributed by atoms with Gasteiger partial charge >= 0.3 is 0 Å². The quantitative estimate of drug-likeness (QED) is 0.666. The molecule has 0 aromatic carbocycles. The summed E-state index contributed by atoms with van der Waals surface area (Å²) >= 11 is 0. The molecule has 1 N–H and O–H groups in total. The van der Waals surface area contributed by atoms with E-state index in [0.29, 0.717) is 6.04 Å². The molecule has 0 radical (unpaired) electrons. The van der Waals surface area contributed by atoms with E-state index in [1.807, 2.05) is 6.92 Å². The molecule has 0 aliphatic carbocycles. The summed E-state index contributed by atoms with van der Waals surface area (Å²) in [7, 11) is 0. The van der Waals surface area contributed by atoms with E-state index in [1.165, 1.54) is 12.8 Å². The summed E-state index contributed by atoms with van der Waals surface area (Å²) in [6.07, 6.45) is 2.40. The molecule has 2 nitrogen and oxygen atoms in total. The smallest absolute Gasteiger partial charge is 0.0872 e. The molecule has 1 heterocycles. The first-order valence-electron chi connectivity index (χ1n) is 4.55. The van der Waals surface area contributed by atoms with Crippen molar-refractivity contribution in [3.63, 3.8) is 0 Å². The number of likely N-dealkylation sites (tertiary alicyclic amines) is 1. The van der Waals surface area contributed by atoms with Crippen LogP contribution in [0.5, 0.6) is 0 Å². The van der Waals surface area contributed by atoms with Crippen LogP contribution in [0.15, 0.2) is 0 Å². The molecular weight excluding hydrogens is 138 g/mol. The molecule has 1 aliphatic heterocycles. The largest absolute Gasteiger partial charge is 0.388 e. The topological polar surface area (TPSA) is 23.5 Å². The Morgan fingerprint density at radius 2 is 1.82 bits per heavy atom. The van der Waals surface area contributed by atoms with E-state index in [1.54, 1.807) is 0 Å². The van der Waals surface area contributed by atoms with Crippen LogP contribution >= 0.6 is 0 Å². The van der Waals surface area contributed by atoms with E-state index < -0.39 is 5.60 Å². The highest BCUT2D eigenvalue weighted by molar-refractivity contribution is 4.94. The monoisotopic (exact) mass is 157 g/mol. The van der Waals surface area contributed by atoms with Crippen molar-refractivity contribution in [2.24, 2.45) is 0 Å². The minimum absolute atomic E-state index is 0.400. The van der Waals surface area contributed by atoms with Gasteiger partial charge in [-0.3, -0.25) is 4.90 Å². The maximum Gasteiger partial charge on any atom is 0.0872 e. The van der Waals surface area contributed by atoms with Crippen LogP contribution in [-0.2, 0) is 0 Å². The van der Waals surface area contributed by atoms with Crippen molar-refractivity contribution in [1.29, 1.82) is 0 Å². The summed E-state index contributed by atoms with van der Waals surface area (Å²) in [6, 6.07) is 0.690. The van der Waals surface area contributed by atoms with E-state index in [0.717, 1.165) is 13.1 Å². The molecule has 1 rings (SSSR count). The fourth-order valence-corrected chi connectivity index (χ4v) is 1.89. The minimum atomic E-state index is -0.400. The molecule has 0 atom stereocenters. The fourth-order valence-electron chi connectivity index (χ4n) is 1.89. The molecule has 0 saturated carbocycles. The molecule has 0 unspecified atom stereocenters. The molecule has 66 valence electrons. The van der Waals surface area contributed by atoms with Crippen molar-refractivity contribution in [1.82, 2.24) is 4.90 Å². The van der Waals surface area contributed by atoms with Gasteiger partial charge in [0.25, 0.3) is 0 Å². The predicted octanol–water partition coefficient (Wildman–Crippen LogP) is 1.24. The van der Waals surface area contributed by atoms with Gasteiger partial charge in [-0.1, -0.05) is 13.8 Å². The Labute approximate surface area is 69.2 Å². The lowest BCUT2D eigenvalue weighted by molar-refractivity contribution is -0.103. The normalized spacial score (nSPS) is 23.7. The summed E-state index contributed by atoms with van der Waals surface area (Å²) in [4.78, 5) is 2.36. The van der Waals surface area contributed by atoms with E-state index in [-0.39, 0.29) is 0 Å². The molecule has 0 spiro atoms. The van der Waals surface area contributed by atoms with Crippen molar-refractivity contribution in [3.8, 4) is 0 Å². The molecule has 0 aromatic rings. The Bertz CT molecular complexity index is 122. The van der Waals surface area contributed by atoms with Gasteiger partial charge in [-0.15, -0.1) is 0 Å². The summed E-state index contributed by atoms with van der Waals surface area (Å²) < 4.78 is 0. The van der Waals surface area contributed by atoms with Crippen LogP contribution in [0, 0.1) is 0 Å². The lowest BCUT2D eigenvalue weighted by Crippen LogP contribution is -2.62. The zero-order valence-electron chi connectivity index (χ0n) is 7.80. The molecule has 0 bridgehead atoms. The summed E-state index contributed by atoms with van der Waals surface area (Å²) in [6.45, 7) is 8.05. The number of rotatable bonds is 3. The summed E-state index contributed by atoms with van der Waals surface area (Å²) in [5.74, 6) is 0. The standard InChI is InChI=1S/C9H19NO/c1-4-8(5-2)10-6-9(3,11)7-10/h8,11H,4-7H2,1-3H3. The zero-order chi connectivity index (χ0) is 8.48.